The van der Waals surface area contributed by atoms with Gasteiger partial charge in [-0.25, -0.2) is 0 Å². The average Bonchev–Trinajstić information content (AvgIpc) is 2.66. The third-order valence-electron chi connectivity index (χ3n) is 4.71. The Bertz CT molecular complexity index is 753. The van der Waals surface area contributed by atoms with Gasteiger partial charge in [0.1, 0.15) is 11.5 Å². The van der Waals surface area contributed by atoms with Gasteiger partial charge < -0.3 is 19.7 Å². The number of amides is 1. The van der Waals surface area contributed by atoms with Crippen LogP contribution in [0.5, 0.6) is 11.5 Å². The Morgan fingerprint density at radius 2 is 1.55 bits per heavy atom. The zero-order valence-corrected chi connectivity index (χ0v) is 19.0. The van der Waals surface area contributed by atoms with Crippen LogP contribution in [0, 0.1) is 0 Å². The van der Waals surface area contributed by atoms with Gasteiger partial charge in [-0.2, -0.15) is 0 Å². The number of nitrogens with one attached hydrogen (secondary N) is 1. The molecule has 1 amide bonds. The molecule has 0 saturated carbocycles. The van der Waals surface area contributed by atoms with E-state index in [1.807, 2.05) is 14.1 Å². The molecule has 2 aromatic rings. The van der Waals surface area contributed by atoms with Crippen molar-refractivity contribution in [3.8, 4) is 11.5 Å². The van der Waals surface area contributed by atoms with Crippen molar-refractivity contribution in [1.82, 2.24) is 10.2 Å². The Kier molecular flexibility index (Phi) is 9.47. The topological polar surface area (TPSA) is 50.8 Å². The van der Waals surface area contributed by atoms with Gasteiger partial charge in [-0.05, 0) is 54.9 Å². The first-order valence-electron chi connectivity index (χ1n) is 9.51. The van der Waals surface area contributed by atoms with Gasteiger partial charge in [0.25, 0.3) is 5.91 Å². The zero-order valence-electron chi connectivity index (χ0n) is 18.2. The molecule has 0 aliphatic rings. The van der Waals surface area contributed by atoms with Crippen LogP contribution in [0.1, 0.15) is 37.9 Å². The van der Waals surface area contributed by atoms with Crippen molar-refractivity contribution in [2.24, 2.45) is 0 Å². The molecule has 0 radical (unpaired) electrons. The number of carbonyl (C=O) groups excluding carboxylic acids is 1. The second kappa shape index (κ2) is 11.1. The smallest absolute Gasteiger partial charge is 0.258 e. The number of benzene rings is 2. The Balaban J connectivity index is 0.00000420. The standard InChI is InChI=1S/C23H32N2O3.ClH/c1-23(2,3)18-9-7-17(8-10-18)21(25(4)5)15-24-22(26)16-28-20-13-11-19(27-6)12-14-20;/h7-14,21H,15-16H2,1-6H3,(H,24,26);1H. The molecule has 2 rings (SSSR count). The van der Waals surface area contributed by atoms with E-state index in [9.17, 15) is 4.79 Å². The van der Waals surface area contributed by atoms with E-state index >= 15 is 0 Å². The van der Waals surface area contributed by atoms with Gasteiger partial charge in [0.2, 0.25) is 0 Å². The highest BCUT2D eigenvalue weighted by Crippen LogP contribution is 2.25. The van der Waals surface area contributed by atoms with E-state index in [4.69, 9.17) is 9.47 Å². The summed E-state index contributed by atoms with van der Waals surface area (Å²) >= 11 is 0. The Morgan fingerprint density at radius 1 is 1.00 bits per heavy atom. The lowest BCUT2D eigenvalue weighted by Gasteiger charge is -2.26. The van der Waals surface area contributed by atoms with Crippen molar-refractivity contribution >= 4 is 18.3 Å². The number of likely N-dealkylation sites (N-methyl/N-ethyl adjacent to an activating group) is 1. The van der Waals surface area contributed by atoms with Gasteiger partial charge >= 0.3 is 0 Å². The second-order valence-electron chi connectivity index (χ2n) is 8.12. The lowest BCUT2D eigenvalue weighted by Crippen LogP contribution is -2.36. The fourth-order valence-electron chi connectivity index (χ4n) is 2.89. The van der Waals surface area contributed by atoms with Crippen LogP contribution in [-0.2, 0) is 10.2 Å². The summed E-state index contributed by atoms with van der Waals surface area (Å²) in [6, 6.07) is 15.9. The van der Waals surface area contributed by atoms with E-state index in [2.05, 4.69) is 55.3 Å². The van der Waals surface area contributed by atoms with Crippen molar-refractivity contribution in [2.45, 2.75) is 32.2 Å². The lowest BCUT2D eigenvalue weighted by molar-refractivity contribution is -0.123. The molecule has 0 saturated heterocycles. The summed E-state index contributed by atoms with van der Waals surface area (Å²) in [7, 11) is 5.64. The predicted octanol–water partition coefficient (Wildman–Crippen LogP) is 4.21. The van der Waals surface area contributed by atoms with Crippen molar-refractivity contribution in [1.29, 1.82) is 0 Å². The van der Waals surface area contributed by atoms with Crippen LogP contribution in [0.2, 0.25) is 0 Å². The highest BCUT2D eigenvalue weighted by atomic mass is 35.5. The van der Waals surface area contributed by atoms with Gasteiger partial charge in [0, 0.05) is 6.54 Å². The molecule has 0 fully saturated rings. The fourth-order valence-corrected chi connectivity index (χ4v) is 2.89. The normalized spacial score (nSPS) is 12.1. The van der Waals surface area contributed by atoms with Crippen molar-refractivity contribution in [2.75, 3.05) is 34.4 Å². The van der Waals surface area contributed by atoms with Crippen LogP contribution in [0.3, 0.4) is 0 Å². The maximum absolute atomic E-state index is 12.2. The summed E-state index contributed by atoms with van der Waals surface area (Å²) in [5, 5.41) is 2.97. The van der Waals surface area contributed by atoms with Crippen LogP contribution in [0.15, 0.2) is 48.5 Å². The van der Waals surface area contributed by atoms with Crippen LogP contribution >= 0.6 is 12.4 Å². The minimum absolute atomic E-state index is 0. The number of hydrogen-bond acceptors (Lipinski definition) is 4. The Morgan fingerprint density at radius 3 is 2.03 bits per heavy atom. The van der Waals surface area contributed by atoms with E-state index in [0.29, 0.717) is 12.3 Å². The minimum atomic E-state index is -0.144. The number of hydrogen-bond donors (Lipinski definition) is 1. The molecule has 0 heterocycles. The molecule has 6 heteroatoms. The maximum atomic E-state index is 12.2. The maximum Gasteiger partial charge on any atom is 0.258 e. The first-order chi connectivity index (χ1) is 13.2. The molecular weight excluding hydrogens is 388 g/mol. The molecule has 29 heavy (non-hydrogen) atoms. The van der Waals surface area contributed by atoms with Crippen LogP contribution in [0.25, 0.3) is 0 Å². The molecule has 0 bridgehead atoms. The number of methoxy groups -OCH3 is 1. The predicted molar refractivity (Wildman–Crippen MR) is 120 cm³/mol. The first-order valence-corrected chi connectivity index (χ1v) is 9.51. The number of rotatable bonds is 8. The van der Waals surface area contributed by atoms with E-state index in [-0.39, 0.29) is 36.4 Å². The molecular formula is C23H33ClN2O3. The Labute approximate surface area is 180 Å². The lowest BCUT2D eigenvalue weighted by atomic mass is 9.86. The van der Waals surface area contributed by atoms with Gasteiger partial charge in [0.15, 0.2) is 6.61 Å². The minimum Gasteiger partial charge on any atom is -0.497 e. The third kappa shape index (κ3) is 7.59. The molecule has 0 aliphatic carbocycles. The van der Waals surface area contributed by atoms with Crippen LogP contribution in [0.4, 0.5) is 0 Å². The van der Waals surface area contributed by atoms with Crippen molar-refractivity contribution in [3.05, 3.63) is 59.7 Å². The molecule has 1 N–H and O–H groups in total. The second-order valence-corrected chi connectivity index (χ2v) is 8.12. The molecule has 0 spiro atoms. The summed E-state index contributed by atoms with van der Waals surface area (Å²) in [5.41, 5.74) is 2.60. The molecule has 2 aromatic carbocycles. The molecule has 0 aromatic heterocycles. The van der Waals surface area contributed by atoms with Crippen molar-refractivity contribution in [3.63, 3.8) is 0 Å². The summed E-state index contributed by atoms with van der Waals surface area (Å²) in [6.07, 6.45) is 0. The summed E-state index contributed by atoms with van der Waals surface area (Å²) in [6.45, 7) is 7.11. The zero-order chi connectivity index (χ0) is 20.7. The number of halogens is 1. The van der Waals surface area contributed by atoms with Crippen LogP contribution < -0.4 is 14.8 Å². The largest absolute Gasteiger partial charge is 0.497 e. The van der Waals surface area contributed by atoms with Crippen LogP contribution in [-0.4, -0.2) is 45.2 Å². The summed E-state index contributed by atoms with van der Waals surface area (Å²) in [4.78, 5) is 14.3. The molecule has 160 valence electrons. The van der Waals surface area contributed by atoms with E-state index in [1.165, 1.54) is 11.1 Å². The number of ether oxygens (including phenoxy) is 2. The molecule has 1 atom stereocenters. The molecule has 0 aliphatic heterocycles. The molecule has 1 unspecified atom stereocenters. The van der Waals surface area contributed by atoms with Gasteiger partial charge in [0.05, 0.1) is 13.2 Å². The highest BCUT2D eigenvalue weighted by Gasteiger charge is 2.18. The average molecular weight is 421 g/mol. The number of nitrogens with zero attached hydrogens (tertiary/aromatic N) is 1. The first kappa shape index (κ1) is 24.8. The van der Waals surface area contributed by atoms with E-state index < -0.39 is 0 Å². The Hall–Kier alpha value is -2.24. The summed E-state index contributed by atoms with van der Waals surface area (Å²) in [5.74, 6) is 1.25. The van der Waals surface area contributed by atoms with E-state index in [0.717, 1.165) is 5.75 Å². The monoisotopic (exact) mass is 420 g/mol. The van der Waals surface area contributed by atoms with Gasteiger partial charge in [-0.15, -0.1) is 12.4 Å². The SMILES string of the molecule is COc1ccc(OCC(=O)NCC(c2ccc(C(C)(C)C)cc2)N(C)C)cc1.Cl. The third-order valence-corrected chi connectivity index (χ3v) is 4.71. The van der Waals surface area contributed by atoms with Gasteiger partial charge in [-0.3, -0.25) is 4.79 Å². The highest BCUT2D eigenvalue weighted by molar-refractivity contribution is 5.85. The van der Waals surface area contributed by atoms with E-state index in [1.54, 1.807) is 31.4 Å². The number of carbonyl (C=O) groups is 1. The quantitative estimate of drug-likeness (QED) is 0.694. The van der Waals surface area contributed by atoms with Crippen molar-refractivity contribution < 1.29 is 14.3 Å². The fraction of sp³-hybridized carbons (Fsp3) is 0.435. The summed E-state index contributed by atoms with van der Waals surface area (Å²) < 4.78 is 10.6. The molecule has 5 nitrogen and oxygen atoms in total. The van der Waals surface area contributed by atoms with Gasteiger partial charge in [-0.1, -0.05) is 45.0 Å².